The van der Waals surface area contributed by atoms with Crippen LogP contribution in [-0.4, -0.2) is 65.9 Å². The van der Waals surface area contributed by atoms with Gasteiger partial charge in [-0.1, -0.05) is 18.6 Å². The average Bonchev–Trinajstić information content (AvgIpc) is 3.26. The third kappa shape index (κ3) is 4.98. The standard InChI is InChI=1S/C36H43FN6O2/c1-26-39-15-18-42(26)25-36(30-5-3-6-31(37)19-30,34-13-4-14-35(34,24-34)40-33(44)45-2)29-11-16-41(17-12-29)21-28-22-43(23-28)32-9-7-27(20-38)8-10-32/h3,5-10,15,18-19,28-29H,4,11-14,16-17,21-25H2,1-2H3,(H,40,44). The Morgan fingerprint density at radius 3 is 2.62 bits per heavy atom. The third-order valence-electron chi connectivity index (χ3n) is 11.8. The number of likely N-dealkylation sites (tertiary alicyclic amines) is 1. The molecular formula is C36H43FN6O2. The Balaban J connectivity index is 1.14. The van der Waals surface area contributed by atoms with Crippen molar-refractivity contribution in [1.82, 2.24) is 19.8 Å². The van der Waals surface area contributed by atoms with Gasteiger partial charge >= 0.3 is 6.09 Å². The number of anilines is 1. The van der Waals surface area contributed by atoms with Crippen LogP contribution < -0.4 is 10.2 Å². The van der Waals surface area contributed by atoms with Gasteiger partial charge in [0.25, 0.3) is 0 Å². The molecule has 4 aliphatic rings. The summed E-state index contributed by atoms with van der Waals surface area (Å²) in [5.74, 6) is 1.67. The van der Waals surface area contributed by atoms with E-state index in [1.165, 1.54) is 18.9 Å². The molecule has 2 saturated heterocycles. The Morgan fingerprint density at radius 1 is 1.18 bits per heavy atom. The van der Waals surface area contributed by atoms with E-state index < -0.39 is 0 Å². The molecule has 3 heterocycles. The molecule has 3 aromatic rings. The minimum Gasteiger partial charge on any atom is -0.453 e. The molecule has 2 saturated carbocycles. The number of nitrogens with zero attached hydrogens (tertiary/aromatic N) is 5. The molecule has 2 aliphatic heterocycles. The second kappa shape index (κ2) is 11.5. The lowest BCUT2D eigenvalue weighted by molar-refractivity contribution is 0.0436. The van der Waals surface area contributed by atoms with E-state index in [9.17, 15) is 4.79 Å². The van der Waals surface area contributed by atoms with Crippen molar-refractivity contribution in [2.24, 2.45) is 17.3 Å². The number of nitriles is 1. The summed E-state index contributed by atoms with van der Waals surface area (Å²) in [4.78, 5) is 22.3. The van der Waals surface area contributed by atoms with Crippen LogP contribution in [0.4, 0.5) is 14.9 Å². The van der Waals surface area contributed by atoms with E-state index in [4.69, 9.17) is 10.00 Å². The highest BCUT2D eigenvalue weighted by molar-refractivity contribution is 5.70. The molecule has 0 spiro atoms. The van der Waals surface area contributed by atoms with E-state index in [-0.39, 0.29) is 28.3 Å². The predicted molar refractivity (Wildman–Crippen MR) is 170 cm³/mol. The highest BCUT2D eigenvalue weighted by Gasteiger charge is 2.79. The number of nitrogens with one attached hydrogen (secondary N) is 1. The smallest absolute Gasteiger partial charge is 0.407 e. The maximum absolute atomic E-state index is 15.1. The minimum absolute atomic E-state index is 0.193. The van der Waals surface area contributed by atoms with Crippen LogP contribution in [-0.2, 0) is 16.7 Å². The zero-order valence-electron chi connectivity index (χ0n) is 26.3. The van der Waals surface area contributed by atoms with Crippen molar-refractivity contribution in [1.29, 1.82) is 5.26 Å². The van der Waals surface area contributed by atoms with Crippen LogP contribution >= 0.6 is 0 Å². The number of imidazole rings is 1. The number of carbonyl (C=O) groups excluding carboxylic acids is 1. The molecule has 2 aliphatic carbocycles. The first-order valence-corrected chi connectivity index (χ1v) is 16.4. The van der Waals surface area contributed by atoms with E-state index in [0.717, 1.165) is 82.6 Å². The lowest BCUT2D eigenvalue weighted by Gasteiger charge is -2.52. The first-order valence-electron chi connectivity index (χ1n) is 16.4. The van der Waals surface area contributed by atoms with Gasteiger partial charge in [-0.3, -0.25) is 0 Å². The number of alkyl carbamates (subject to hydrolysis) is 1. The highest BCUT2D eigenvalue weighted by atomic mass is 19.1. The summed E-state index contributed by atoms with van der Waals surface area (Å²) in [6.07, 6.45) is 9.39. The van der Waals surface area contributed by atoms with E-state index in [0.29, 0.717) is 23.9 Å². The van der Waals surface area contributed by atoms with Crippen molar-refractivity contribution in [2.75, 3.05) is 44.7 Å². The molecular weight excluding hydrogens is 567 g/mol. The number of methoxy groups -OCH3 is 1. The van der Waals surface area contributed by atoms with Crippen molar-refractivity contribution < 1.29 is 13.9 Å². The molecule has 1 N–H and O–H groups in total. The van der Waals surface area contributed by atoms with Gasteiger partial charge in [0.1, 0.15) is 11.6 Å². The zero-order valence-corrected chi connectivity index (χ0v) is 26.3. The maximum atomic E-state index is 15.1. The monoisotopic (exact) mass is 610 g/mol. The fourth-order valence-corrected chi connectivity index (χ4v) is 9.60. The summed E-state index contributed by atoms with van der Waals surface area (Å²) >= 11 is 0. The fourth-order valence-electron chi connectivity index (χ4n) is 9.60. The SMILES string of the molecule is COC(=O)NC12CCCC1(C(Cn1ccnc1C)(c1cccc(F)c1)C1CCN(CC3CN(c4ccc(C#N)cc4)C3)CC1)C2. The minimum atomic E-state index is -0.382. The summed E-state index contributed by atoms with van der Waals surface area (Å²) in [5, 5.41) is 12.4. The number of hydrogen-bond acceptors (Lipinski definition) is 6. The number of ether oxygens (including phenoxy) is 1. The summed E-state index contributed by atoms with van der Waals surface area (Å²) in [7, 11) is 1.43. The van der Waals surface area contributed by atoms with E-state index in [1.807, 2.05) is 43.5 Å². The fraction of sp³-hybridized carbons (Fsp3) is 0.528. The van der Waals surface area contributed by atoms with Crippen molar-refractivity contribution in [3.05, 3.63) is 83.7 Å². The average molecular weight is 611 g/mol. The number of hydrogen-bond donors (Lipinski definition) is 1. The molecule has 0 bridgehead atoms. The molecule has 1 amide bonds. The van der Waals surface area contributed by atoms with E-state index in [1.54, 1.807) is 6.07 Å². The van der Waals surface area contributed by atoms with Crippen LogP contribution in [0.3, 0.4) is 0 Å². The molecule has 45 heavy (non-hydrogen) atoms. The molecule has 1 aromatic heterocycles. The Hall–Kier alpha value is -3.90. The van der Waals surface area contributed by atoms with Crippen molar-refractivity contribution in [2.45, 2.75) is 62.9 Å². The first-order chi connectivity index (χ1) is 21.8. The van der Waals surface area contributed by atoms with Crippen molar-refractivity contribution in [3.8, 4) is 6.07 Å². The highest BCUT2D eigenvalue weighted by Crippen LogP contribution is 2.77. The maximum Gasteiger partial charge on any atom is 0.407 e. The summed E-state index contributed by atoms with van der Waals surface area (Å²) in [5.41, 5.74) is 2.00. The number of amides is 1. The van der Waals surface area contributed by atoms with Gasteiger partial charge in [0.15, 0.2) is 0 Å². The van der Waals surface area contributed by atoms with Gasteiger partial charge in [-0.05, 0) is 100.0 Å². The van der Waals surface area contributed by atoms with Crippen LogP contribution in [0.15, 0.2) is 60.9 Å². The molecule has 3 unspecified atom stereocenters. The van der Waals surface area contributed by atoms with Crippen LogP contribution in [0.5, 0.6) is 0 Å². The number of fused-ring (bicyclic) bond motifs is 1. The van der Waals surface area contributed by atoms with Crippen molar-refractivity contribution >= 4 is 11.8 Å². The number of halogens is 1. The van der Waals surface area contributed by atoms with Crippen LogP contribution in [0.1, 0.15) is 55.5 Å². The van der Waals surface area contributed by atoms with Crippen LogP contribution in [0, 0.1) is 41.3 Å². The second-order valence-electron chi connectivity index (χ2n) is 13.9. The Morgan fingerprint density at radius 2 is 1.96 bits per heavy atom. The summed E-state index contributed by atoms with van der Waals surface area (Å²) in [6.45, 7) is 7.90. The van der Waals surface area contributed by atoms with Gasteiger partial charge in [-0.15, -0.1) is 0 Å². The third-order valence-corrected chi connectivity index (χ3v) is 11.8. The first kappa shape index (κ1) is 29.8. The van der Waals surface area contributed by atoms with Gasteiger partial charge in [0.05, 0.1) is 24.3 Å². The normalized spacial score (nSPS) is 26.4. The summed E-state index contributed by atoms with van der Waals surface area (Å²) in [6, 6.07) is 17.4. The van der Waals surface area contributed by atoms with E-state index >= 15 is 4.39 Å². The number of aromatic nitrogens is 2. The molecule has 7 rings (SSSR count). The molecule has 3 atom stereocenters. The lowest BCUT2D eigenvalue weighted by Crippen LogP contribution is -2.56. The van der Waals surface area contributed by atoms with Gasteiger partial charge in [0.2, 0.25) is 0 Å². The van der Waals surface area contributed by atoms with Gasteiger partial charge in [-0.2, -0.15) is 5.26 Å². The Kier molecular flexibility index (Phi) is 7.60. The number of rotatable bonds is 9. The predicted octanol–water partition coefficient (Wildman–Crippen LogP) is 5.66. The molecule has 0 radical (unpaired) electrons. The molecule has 2 aromatic carbocycles. The number of aryl methyl sites for hydroxylation is 1. The van der Waals surface area contributed by atoms with Crippen LogP contribution in [0.25, 0.3) is 0 Å². The molecule has 9 heteroatoms. The van der Waals surface area contributed by atoms with E-state index in [2.05, 4.69) is 43.0 Å². The lowest BCUT2D eigenvalue weighted by atomic mass is 9.56. The topological polar surface area (TPSA) is 86.4 Å². The number of carbonyl (C=O) groups is 1. The van der Waals surface area contributed by atoms with Crippen LogP contribution in [0.2, 0.25) is 0 Å². The Labute approximate surface area is 265 Å². The molecule has 8 nitrogen and oxygen atoms in total. The van der Waals surface area contributed by atoms with Gasteiger partial charge in [0, 0.05) is 61.0 Å². The number of piperidine rings is 1. The Bertz CT molecular complexity index is 1590. The quantitative estimate of drug-likeness (QED) is 0.337. The molecule has 236 valence electrons. The molecule has 4 fully saturated rings. The largest absolute Gasteiger partial charge is 0.453 e. The van der Waals surface area contributed by atoms with Gasteiger partial charge < -0.3 is 24.4 Å². The van der Waals surface area contributed by atoms with Crippen molar-refractivity contribution in [3.63, 3.8) is 0 Å². The van der Waals surface area contributed by atoms with Gasteiger partial charge in [-0.25, -0.2) is 14.2 Å². The zero-order chi connectivity index (χ0) is 31.2. The second-order valence-corrected chi connectivity index (χ2v) is 13.9. The summed E-state index contributed by atoms with van der Waals surface area (Å²) < 4.78 is 22.5. The number of benzene rings is 2.